The molecular formula is C29H34FN3O4S. The third-order valence-electron chi connectivity index (χ3n) is 6.15. The number of rotatable bonds is 11. The van der Waals surface area contributed by atoms with E-state index >= 15 is 0 Å². The van der Waals surface area contributed by atoms with E-state index < -0.39 is 34.3 Å². The van der Waals surface area contributed by atoms with Crippen LogP contribution in [-0.4, -0.2) is 43.8 Å². The molecule has 0 aliphatic carbocycles. The summed E-state index contributed by atoms with van der Waals surface area (Å²) in [5.74, 6) is -1.75. The lowest BCUT2D eigenvalue weighted by Gasteiger charge is -2.34. The van der Waals surface area contributed by atoms with Gasteiger partial charge >= 0.3 is 0 Å². The van der Waals surface area contributed by atoms with Crippen LogP contribution >= 0.6 is 0 Å². The molecule has 0 radical (unpaired) electrons. The Morgan fingerprint density at radius 1 is 0.921 bits per heavy atom. The van der Waals surface area contributed by atoms with Crippen molar-refractivity contribution in [1.29, 1.82) is 0 Å². The van der Waals surface area contributed by atoms with E-state index in [0.29, 0.717) is 6.42 Å². The second-order valence-corrected chi connectivity index (χ2v) is 11.2. The summed E-state index contributed by atoms with van der Waals surface area (Å²) in [6.07, 6.45) is 0.307. The van der Waals surface area contributed by atoms with Crippen LogP contribution in [0.4, 0.5) is 10.1 Å². The van der Waals surface area contributed by atoms with E-state index in [0.717, 1.165) is 21.5 Å². The normalized spacial score (nSPS) is 12.2. The smallest absolute Gasteiger partial charge is 0.264 e. The summed E-state index contributed by atoms with van der Waals surface area (Å²) in [7, 11) is -4.31. The Bertz CT molecular complexity index is 1360. The molecule has 7 nitrogen and oxygen atoms in total. The van der Waals surface area contributed by atoms with Gasteiger partial charge in [0.25, 0.3) is 10.0 Å². The first-order valence-corrected chi connectivity index (χ1v) is 14.0. The molecule has 3 aromatic carbocycles. The fourth-order valence-corrected chi connectivity index (χ4v) is 5.60. The molecule has 1 atom stereocenters. The number of benzene rings is 3. The van der Waals surface area contributed by atoms with Gasteiger partial charge < -0.3 is 10.2 Å². The monoisotopic (exact) mass is 539 g/mol. The van der Waals surface area contributed by atoms with Crippen molar-refractivity contribution in [3.8, 4) is 0 Å². The molecule has 38 heavy (non-hydrogen) atoms. The molecule has 0 aliphatic heterocycles. The molecule has 0 aromatic heterocycles. The Morgan fingerprint density at radius 3 is 2.13 bits per heavy atom. The first-order valence-electron chi connectivity index (χ1n) is 12.5. The third kappa shape index (κ3) is 6.77. The molecule has 0 aliphatic rings. The second-order valence-electron chi connectivity index (χ2n) is 9.31. The summed E-state index contributed by atoms with van der Waals surface area (Å²) in [6.45, 7) is 6.74. The van der Waals surface area contributed by atoms with E-state index in [1.165, 1.54) is 35.2 Å². The molecule has 3 aromatic rings. The van der Waals surface area contributed by atoms with Crippen LogP contribution in [0.2, 0.25) is 0 Å². The SMILES string of the molecule is CC[C@@H](C(=O)NC(C)C)N(Cc1ccccc1C)C(=O)CN(c1ccccc1F)S(=O)(=O)c1ccccc1. The van der Waals surface area contributed by atoms with Gasteiger partial charge in [0, 0.05) is 12.6 Å². The molecule has 0 fully saturated rings. The highest BCUT2D eigenvalue weighted by Crippen LogP contribution is 2.27. The molecule has 3 rings (SSSR count). The molecule has 9 heteroatoms. The van der Waals surface area contributed by atoms with Gasteiger partial charge in [-0.2, -0.15) is 0 Å². The lowest BCUT2D eigenvalue weighted by Crippen LogP contribution is -2.53. The summed E-state index contributed by atoms with van der Waals surface area (Å²) >= 11 is 0. The van der Waals surface area contributed by atoms with Crippen molar-refractivity contribution in [3.05, 3.63) is 95.8 Å². The van der Waals surface area contributed by atoms with Gasteiger partial charge in [-0.25, -0.2) is 12.8 Å². The largest absolute Gasteiger partial charge is 0.352 e. The highest BCUT2D eigenvalue weighted by Gasteiger charge is 2.34. The zero-order valence-electron chi connectivity index (χ0n) is 22.1. The third-order valence-corrected chi connectivity index (χ3v) is 7.92. The van der Waals surface area contributed by atoms with Gasteiger partial charge in [-0.05, 0) is 62.6 Å². The maximum absolute atomic E-state index is 14.9. The Hall–Kier alpha value is -3.72. The molecule has 1 N–H and O–H groups in total. The fourth-order valence-electron chi connectivity index (χ4n) is 4.16. The molecule has 0 heterocycles. The highest BCUT2D eigenvalue weighted by molar-refractivity contribution is 7.92. The minimum atomic E-state index is -4.31. The molecular weight excluding hydrogens is 505 g/mol. The van der Waals surface area contributed by atoms with Gasteiger partial charge in [0.1, 0.15) is 18.4 Å². The van der Waals surface area contributed by atoms with Crippen molar-refractivity contribution >= 4 is 27.5 Å². The molecule has 2 amide bonds. The van der Waals surface area contributed by atoms with Crippen LogP contribution in [0.1, 0.15) is 38.3 Å². The number of amides is 2. The van der Waals surface area contributed by atoms with Crippen molar-refractivity contribution in [2.75, 3.05) is 10.8 Å². The van der Waals surface area contributed by atoms with Crippen molar-refractivity contribution in [2.24, 2.45) is 0 Å². The van der Waals surface area contributed by atoms with Crippen LogP contribution in [-0.2, 0) is 26.2 Å². The number of hydrogen-bond donors (Lipinski definition) is 1. The highest BCUT2D eigenvalue weighted by atomic mass is 32.2. The average Bonchev–Trinajstić information content (AvgIpc) is 2.88. The van der Waals surface area contributed by atoms with Gasteiger partial charge in [-0.3, -0.25) is 13.9 Å². The van der Waals surface area contributed by atoms with Crippen molar-refractivity contribution < 1.29 is 22.4 Å². The van der Waals surface area contributed by atoms with E-state index in [-0.39, 0.29) is 29.1 Å². The quantitative estimate of drug-likeness (QED) is 0.384. The van der Waals surface area contributed by atoms with E-state index in [9.17, 15) is 22.4 Å². The number of anilines is 1. The topological polar surface area (TPSA) is 86.8 Å². The summed E-state index contributed by atoms with van der Waals surface area (Å²) < 4.78 is 43.1. The molecule has 202 valence electrons. The predicted molar refractivity (Wildman–Crippen MR) is 146 cm³/mol. The predicted octanol–water partition coefficient (Wildman–Crippen LogP) is 4.66. The minimum absolute atomic E-state index is 0.0777. The summed E-state index contributed by atoms with van der Waals surface area (Å²) in [5.41, 5.74) is 1.49. The zero-order valence-corrected chi connectivity index (χ0v) is 22.9. The number of para-hydroxylation sites is 1. The molecule has 0 unspecified atom stereocenters. The Labute approximate surface area is 224 Å². The van der Waals surface area contributed by atoms with E-state index in [1.54, 1.807) is 25.1 Å². The second kappa shape index (κ2) is 12.7. The van der Waals surface area contributed by atoms with E-state index in [1.807, 2.05) is 45.0 Å². The molecule has 0 saturated heterocycles. The Morgan fingerprint density at radius 2 is 1.53 bits per heavy atom. The van der Waals surface area contributed by atoms with Crippen LogP contribution in [0.5, 0.6) is 0 Å². The molecule has 0 bridgehead atoms. The Kier molecular flexibility index (Phi) is 9.63. The van der Waals surface area contributed by atoms with Crippen molar-refractivity contribution in [1.82, 2.24) is 10.2 Å². The molecule has 0 spiro atoms. The average molecular weight is 540 g/mol. The lowest BCUT2D eigenvalue weighted by atomic mass is 10.1. The Balaban J connectivity index is 2.08. The van der Waals surface area contributed by atoms with Crippen LogP contribution in [0.15, 0.2) is 83.8 Å². The van der Waals surface area contributed by atoms with Crippen LogP contribution in [0.25, 0.3) is 0 Å². The number of carbonyl (C=O) groups is 2. The number of aryl methyl sites for hydroxylation is 1. The van der Waals surface area contributed by atoms with Crippen LogP contribution in [0, 0.1) is 12.7 Å². The maximum atomic E-state index is 14.9. The summed E-state index contributed by atoms with van der Waals surface area (Å²) in [5, 5.41) is 2.86. The number of hydrogen-bond acceptors (Lipinski definition) is 4. The first-order chi connectivity index (χ1) is 18.1. The van der Waals surface area contributed by atoms with Gasteiger partial charge in [-0.1, -0.05) is 61.5 Å². The van der Waals surface area contributed by atoms with Gasteiger partial charge in [0.05, 0.1) is 10.6 Å². The number of sulfonamides is 1. The van der Waals surface area contributed by atoms with E-state index in [2.05, 4.69) is 5.32 Å². The van der Waals surface area contributed by atoms with Crippen LogP contribution < -0.4 is 9.62 Å². The van der Waals surface area contributed by atoms with Crippen molar-refractivity contribution in [2.45, 2.75) is 57.6 Å². The molecule has 0 saturated carbocycles. The van der Waals surface area contributed by atoms with E-state index in [4.69, 9.17) is 0 Å². The standard InChI is InChI=1S/C29H34FN3O4S/c1-5-26(29(35)31-21(2)3)32(19-23-14-10-9-13-22(23)4)28(34)20-33(27-18-12-11-17-25(27)30)38(36,37)24-15-7-6-8-16-24/h6-18,21,26H,5,19-20H2,1-4H3,(H,31,35)/t26-/m0/s1. The summed E-state index contributed by atoms with van der Waals surface area (Å²) in [6, 6.07) is 19.4. The zero-order chi connectivity index (χ0) is 27.9. The first kappa shape index (κ1) is 28.8. The van der Waals surface area contributed by atoms with Gasteiger partial charge in [-0.15, -0.1) is 0 Å². The summed E-state index contributed by atoms with van der Waals surface area (Å²) in [4.78, 5) is 28.4. The number of halogens is 1. The fraction of sp³-hybridized carbons (Fsp3) is 0.310. The number of nitrogens with zero attached hydrogens (tertiary/aromatic N) is 2. The van der Waals surface area contributed by atoms with Gasteiger partial charge in [0.2, 0.25) is 11.8 Å². The number of nitrogens with one attached hydrogen (secondary N) is 1. The van der Waals surface area contributed by atoms with Gasteiger partial charge in [0.15, 0.2) is 0 Å². The lowest BCUT2D eigenvalue weighted by molar-refractivity contribution is -0.140. The van der Waals surface area contributed by atoms with Crippen molar-refractivity contribution in [3.63, 3.8) is 0 Å². The number of carbonyl (C=O) groups excluding carboxylic acids is 2. The maximum Gasteiger partial charge on any atom is 0.264 e. The minimum Gasteiger partial charge on any atom is -0.352 e. The van der Waals surface area contributed by atoms with Crippen LogP contribution in [0.3, 0.4) is 0 Å².